The number of hydrogen-bond donors (Lipinski definition) is 2. The number of nitrogens with one attached hydrogen (secondary N) is 1. The number of benzene rings is 1. The lowest BCUT2D eigenvalue weighted by Crippen LogP contribution is -2.46. The molecule has 1 aromatic rings. The highest BCUT2D eigenvalue weighted by Gasteiger charge is 2.25. The smallest absolute Gasteiger partial charge is 0.237 e. The minimum atomic E-state index is -0.426. The largest absolute Gasteiger partial charge is 0.497 e. The second kappa shape index (κ2) is 10.5. The Kier molecular flexibility index (Phi) is 9.02. The molecule has 6 nitrogen and oxygen atoms in total. The van der Waals surface area contributed by atoms with Gasteiger partial charge in [-0.1, -0.05) is 20.3 Å². The first-order valence-corrected chi connectivity index (χ1v) is 8.99. The summed E-state index contributed by atoms with van der Waals surface area (Å²) in [6, 6.07) is 5.48. The van der Waals surface area contributed by atoms with Gasteiger partial charge in [0.1, 0.15) is 11.5 Å². The number of ether oxygens (including phenoxy) is 2. The molecule has 1 aliphatic rings. The van der Waals surface area contributed by atoms with Gasteiger partial charge in [-0.15, -0.1) is 12.4 Å². The minimum Gasteiger partial charge on any atom is -0.497 e. The van der Waals surface area contributed by atoms with E-state index in [-0.39, 0.29) is 24.2 Å². The fourth-order valence-electron chi connectivity index (χ4n) is 3.08. The van der Waals surface area contributed by atoms with Crippen LogP contribution in [0.1, 0.15) is 26.7 Å². The summed E-state index contributed by atoms with van der Waals surface area (Å²) in [5.74, 6) is 2.14. The van der Waals surface area contributed by atoms with Crippen LogP contribution in [0.3, 0.4) is 0 Å². The van der Waals surface area contributed by atoms with Crippen LogP contribution in [0.5, 0.6) is 11.5 Å². The molecule has 0 saturated carbocycles. The molecule has 3 atom stereocenters. The van der Waals surface area contributed by atoms with Gasteiger partial charge in [0, 0.05) is 43.5 Å². The van der Waals surface area contributed by atoms with Gasteiger partial charge in [0.25, 0.3) is 0 Å². The normalized spacial score (nSPS) is 18.7. The molecule has 1 fully saturated rings. The summed E-state index contributed by atoms with van der Waals surface area (Å²) in [4.78, 5) is 14.4. The van der Waals surface area contributed by atoms with Crippen LogP contribution >= 0.6 is 12.4 Å². The third kappa shape index (κ3) is 5.68. The number of carbonyl (C=O) groups is 1. The van der Waals surface area contributed by atoms with Crippen molar-refractivity contribution in [3.05, 3.63) is 18.2 Å². The van der Waals surface area contributed by atoms with Crippen molar-refractivity contribution in [2.24, 2.45) is 17.6 Å². The van der Waals surface area contributed by atoms with Crippen molar-refractivity contribution in [1.82, 2.24) is 5.32 Å². The zero-order chi connectivity index (χ0) is 18.4. The Morgan fingerprint density at radius 1 is 1.31 bits per heavy atom. The molecule has 2 rings (SSSR count). The Hall–Kier alpha value is -1.66. The van der Waals surface area contributed by atoms with Gasteiger partial charge in [0.15, 0.2) is 0 Å². The molecule has 1 amide bonds. The molecule has 0 aromatic heterocycles. The average molecular weight is 386 g/mol. The number of amides is 1. The molecular weight excluding hydrogens is 354 g/mol. The van der Waals surface area contributed by atoms with Crippen LogP contribution in [-0.4, -0.2) is 45.8 Å². The molecule has 1 aromatic carbocycles. The molecule has 0 spiro atoms. The Balaban J connectivity index is 0.00000338. The van der Waals surface area contributed by atoms with E-state index in [2.05, 4.69) is 17.1 Å². The van der Waals surface area contributed by atoms with Crippen LogP contribution < -0.4 is 25.4 Å². The monoisotopic (exact) mass is 385 g/mol. The van der Waals surface area contributed by atoms with Crippen LogP contribution in [0.2, 0.25) is 0 Å². The molecule has 0 bridgehead atoms. The number of hydrogen-bond acceptors (Lipinski definition) is 5. The quantitative estimate of drug-likeness (QED) is 0.718. The maximum absolute atomic E-state index is 12.1. The van der Waals surface area contributed by atoms with E-state index in [0.29, 0.717) is 12.5 Å². The standard InChI is InChI=1S/C19H31N3O3.ClH/c1-5-13(2)18(20)19(23)21-11-14-6-7-22(12-14)15-8-16(24-3)10-17(9-15)25-4;/h8-10,13-14,18H,5-7,11-12,20H2,1-4H3,(H,21,23);1H. The van der Waals surface area contributed by atoms with E-state index in [1.165, 1.54) is 0 Å². The first-order chi connectivity index (χ1) is 12.0. The lowest BCUT2D eigenvalue weighted by atomic mass is 9.99. The fourth-order valence-corrected chi connectivity index (χ4v) is 3.08. The maximum atomic E-state index is 12.1. The topological polar surface area (TPSA) is 76.8 Å². The summed E-state index contributed by atoms with van der Waals surface area (Å²) >= 11 is 0. The molecule has 7 heteroatoms. The Morgan fingerprint density at radius 3 is 2.46 bits per heavy atom. The number of methoxy groups -OCH3 is 2. The zero-order valence-corrected chi connectivity index (χ0v) is 17.0. The van der Waals surface area contributed by atoms with Crippen molar-refractivity contribution in [2.45, 2.75) is 32.7 Å². The van der Waals surface area contributed by atoms with Gasteiger partial charge in [0.05, 0.1) is 20.3 Å². The number of carbonyl (C=O) groups excluding carboxylic acids is 1. The third-order valence-corrected chi connectivity index (χ3v) is 5.11. The van der Waals surface area contributed by atoms with Crippen molar-refractivity contribution in [2.75, 3.05) is 38.8 Å². The van der Waals surface area contributed by atoms with Gasteiger partial charge in [-0.25, -0.2) is 0 Å². The van der Waals surface area contributed by atoms with Crippen molar-refractivity contribution < 1.29 is 14.3 Å². The predicted octanol–water partition coefficient (Wildman–Crippen LogP) is 2.44. The van der Waals surface area contributed by atoms with Gasteiger partial charge in [0.2, 0.25) is 5.91 Å². The lowest BCUT2D eigenvalue weighted by molar-refractivity contribution is -0.123. The number of rotatable bonds is 8. The second-order valence-corrected chi connectivity index (χ2v) is 6.83. The van der Waals surface area contributed by atoms with Crippen molar-refractivity contribution in [3.63, 3.8) is 0 Å². The van der Waals surface area contributed by atoms with E-state index in [4.69, 9.17) is 15.2 Å². The van der Waals surface area contributed by atoms with E-state index in [9.17, 15) is 4.79 Å². The summed E-state index contributed by atoms with van der Waals surface area (Å²) < 4.78 is 10.7. The first kappa shape index (κ1) is 22.4. The van der Waals surface area contributed by atoms with Crippen LogP contribution in [0, 0.1) is 11.8 Å². The van der Waals surface area contributed by atoms with Gasteiger partial charge in [-0.3, -0.25) is 4.79 Å². The van der Waals surface area contributed by atoms with Crippen LogP contribution in [-0.2, 0) is 4.79 Å². The highest BCUT2D eigenvalue weighted by Crippen LogP contribution is 2.31. The van der Waals surface area contributed by atoms with E-state index < -0.39 is 6.04 Å². The summed E-state index contributed by atoms with van der Waals surface area (Å²) in [5, 5.41) is 3.02. The summed E-state index contributed by atoms with van der Waals surface area (Å²) in [6.45, 7) is 6.58. The van der Waals surface area contributed by atoms with E-state index >= 15 is 0 Å². The Morgan fingerprint density at radius 2 is 1.92 bits per heavy atom. The van der Waals surface area contributed by atoms with Crippen molar-refractivity contribution in [1.29, 1.82) is 0 Å². The van der Waals surface area contributed by atoms with Gasteiger partial charge < -0.3 is 25.4 Å². The van der Waals surface area contributed by atoms with Gasteiger partial charge in [-0.05, 0) is 18.3 Å². The average Bonchev–Trinajstić information content (AvgIpc) is 3.13. The zero-order valence-electron chi connectivity index (χ0n) is 16.2. The fraction of sp³-hybridized carbons (Fsp3) is 0.632. The Bertz CT molecular complexity index is 563. The van der Waals surface area contributed by atoms with E-state index in [1.54, 1.807) is 14.2 Å². The molecular formula is C19H32ClN3O3. The summed E-state index contributed by atoms with van der Waals surface area (Å²) in [6.07, 6.45) is 1.95. The second-order valence-electron chi connectivity index (χ2n) is 6.83. The molecule has 3 unspecified atom stereocenters. The highest BCUT2D eigenvalue weighted by atomic mass is 35.5. The molecule has 0 radical (unpaired) electrons. The van der Waals surface area contributed by atoms with E-state index in [0.717, 1.165) is 43.1 Å². The SMILES string of the molecule is CCC(C)C(N)C(=O)NCC1CCN(c2cc(OC)cc(OC)c2)C1.Cl. The van der Waals surface area contributed by atoms with Crippen LogP contribution in [0.15, 0.2) is 18.2 Å². The van der Waals surface area contributed by atoms with E-state index in [1.807, 2.05) is 25.1 Å². The number of halogens is 1. The predicted molar refractivity (Wildman–Crippen MR) is 108 cm³/mol. The number of anilines is 1. The summed E-state index contributed by atoms with van der Waals surface area (Å²) in [5.41, 5.74) is 7.07. The summed E-state index contributed by atoms with van der Waals surface area (Å²) in [7, 11) is 3.31. The molecule has 1 saturated heterocycles. The van der Waals surface area contributed by atoms with Gasteiger partial charge >= 0.3 is 0 Å². The minimum absolute atomic E-state index is 0. The van der Waals surface area contributed by atoms with Crippen LogP contribution in [0.4, 0.5) is 5.69 Å². The number of nitrogens with zero attached hydrogens (tertiary/aromatic N) is 1. The Labute approximate surface area is 162 Å². The van der Waals surface area contributed by atoms with Gasteiger partial charge in [-0.2, -0.15) is 0 Å². The number of nitrogens with two attached hydrogens (primary N) is 1. The lowest BCUT2D eigenvalue weighted by Gasteiger charge is -2.21. The molecule has 148 valence electrons. The van der Waals surface area contributed by atoms with Crippen molar-refractivity contribution in [3.8, 4) is 11.5 Å². The molecule has 1 heterocycles. The highest BCUT2D eigenvalue weighted by molar-refractivity contribution is 5.85. The molecule has 3 N–H and O–H groups in total. The molecule has 26 heavy (non-hydrogen) atoms. The van der Waals surface area contributed by atoms with Crippen LogP contribution in [0.25, 0.3) is 0 Å². The molecule has 0 aliphatic carbocycles. The molecule has 1 aliphatic heterocycles. The first-order valence-electron chi connectivity index (χ1n) is 8.99. The van der Waals surface area contributed by atoms with Crippen molar-refractivity contribution >= 4 is 24.0 Å². The maximum Gasteiger partial charge on any atom is 0.237 e. The third-order valence-electron chi connectivity index (χ3n) is 5.11.